The van der Waals surface area contributed by atoms with E-state index in [9.17, 15) is 4.79 Å². The largest absolute Gasteiger partial charge is 0.413 e. The van der Waals surface area contributed by atoms with Gasteiger partial charge in [0.05, 0.1) is 4.88 Å². The number of allylic oxidation sites excluding steroid dienone is 2. The van der Waals surface area contributed by atoms with Gasteiger partial charge in [0.15, 0.2) is 0 Å². The van der Waals surface area contributed by atoms with E-state index in [0.717, 1.165) is 17.7 Å². The third-order valence-electron chi connectivity index (χ3n) is 5.06. The smallest absolute Gasteiger partial charge is 0.284 e. The summed E-state index contributed by atoms with van der Waals surface area (Å²) in [6, 6.07) is 3.84. The predicted octanol–water partition coefficient (Wildman–Crippen LogP) is 8.02. The molecule has 0 saturated heterocycles. The Kier molecular flexibility index (Phi) is 12.3. The van der Waals surface area contributed by atoms with Crippen LogP contribution in [0.1, 0.15) is 108 Å². The van der Waals surface area contributed by atoms with Crippen LogP contribution in [0.2, 0.25) is 0 Å². The van der Waals surface area contributed by atoms with E-state index in [2.05, 4.69) is 29.3 Å². The molecule has 0 aliphatic rings. The number of hydrogen-bond donors (Lipinski definition) is 0. The standard InChI is InChI=1S/C24H36N2O2S/c1-2-3-4-5-6-7-8-9-10-11-12-13-14-15-16-18-21(27)23-25-26-24(28-23)22-19-17-20-29-22/h9-10,17,19-20H,2-8,11-16,18H2,1H3/b10-9-. The second kappa shape index (κ2) is 15.1. The monoisotopic (exact) mass is 416 g/mol. The number of nitrogens with zero attached hydrogens (tertiary/aromatic N) is 2. The van der Waals surface area contributed by atoms with E-state index in [1.54, 1.807) is 0 Å². The second-order valence-corrected chi connectivity index (χ2v) is 8.59. The van der Waals surface area contributed by atoms with Crippen molar-refractivity contribution in [2.24, 2.45) is 0 Å². The number of rotatable bonds is 17. The van der Waals surface area contributed by atoms with Gasteiger partial charge in [-0.25, -0.2) is 0 Å². The molecule has 29 heavy (non-hydrogen) atoms. The topological polar surface area (TPSA) is 56.0 Å². The van der Waals surface area contributed by atoms with Crippen LogP contribution in [-0.4, -0.2) is 16.0 Å². The average molecular weight is 417 g/mol. The first-order chi connectivity index (χ1) is 14.3. The number of aromatic nitrogens is 2. The normalized spacial score (nSPS) is 11.5. The third-order valence-corrected chi connectivity index (χ3v) is 5.92. The predicted molar refractivity (Wildman–Crippen MR) is 121 cm³/mol. The summed E-state index contributed by atoms with van der Waals surface area (Å²) in [4.78, 5) is 13.1. The summed E-state index contributed by atoms with van der Waals surface area (Å²) in [6.45, 7) is 2.26. The number of hydrogen-bond acceptors (Lipinski definition) is 5. The van der Waals surface area contributed by atoms with Crippen molar-refractivity contribution in [2.75, 3.05) is 0 Å². The zero-order valence-electron chi connectivity index (χ0n) is 17.9. The summed E-state index contributed by atoms with van der Waals surface area (Å²) in [5.74, 6) is 0.537. The van der Waals surface area contributed by atoms with Gasteiger partial charge in [-0.15, -0.1) is 21.5 Å². The summed E-state index contributed by atoms with van der Waals surface area (Å²) in [5.41, 5.74) is 0. The van der Waals surface area contributed by atoms with Gasteiger partial charge in [-0.3, -0.25) is 4.79 Å². The first kappa shape index (κ1) is 23.5. The minimum atomic E-state index is -0.0436. The molecule has 0 spiro atoms. The van der Waals surface area contributed by atoms with Crippen LogP contribution in [0.4, 0.5) is 0 Å². The molecule has 2 aromatic heterocycles. The third kappa shape index (κ3) is 10.0. The highest BCUT2D eigenvalue weighted by Crippen LogP contribution is 2.23. The summed E-state index contributed by atoms with van der Waals surface area (Å²) in [6.07, 6.45) is 21.5. The Morgan fingerprint density at radius 2 is 1.59 bits per heavy atom. The highest BCUT2D eigenvalue weighted by molar-refractivity contribution is 7.13. The Morgan fingerprint density at radius 3 is 2.24 bits per heavy atom. The van der Waals surface area contributed by atoms with Crippen LogP contribution in [-0.2, 0) is 0 Å². The molecule has 0 saturated carbocycles. The molecular formula is C24H36N2O2S. The molecule has 0 aromatic carbocycles. The maximum Gasteiger partial charge on any atom is 0.284 e. The maximum absolute atomic E-state index is 12.2. The van der Waals surface area contributed by atoms with E-state index in [0.29, 0.717) is 12.3 Å². The van der Waals surface area contributed by atoms with Gasteiger partial charge in [-0.2, -0.15) is 0 Å². The van der Waals surface area contributed by atoms with E-state index in [-0.39, 0.29) is 11.7 Å². The minimum absolute atomic E-state index is 0.0436. The van der Waals surface area contributed by atoms with E-state index in [4.69, 9.17) is 4.42 Å². The van der Waals surface area contributed by atoms with Crippen LogP contribution >= 0.6 is 11.3 Å². The number of carbonyl (C=O) groups excluding carboxylic acids is 1. The van der Waals surface area contributed by atoms with Crippen molar-refractivity contribution in [1.29, 1.82) is 0 Å². The van der Waals surface area contributed by atoms with Crippen molar-refractivity contribution < 1.29 is 9.21 Å². The quantitative estimate of drug-likeness (QED) is 0.149. The summed E-state index contributed by atoms with van der Waals surface area (Å²) >= 11 is 1.53. The molecule has 0 radical (unpaired) electrons. The van der Waals surface area contributed by atoms with Crippen LogP contribution in [0.15, 0.2) is 34.1 Å². The molecule has 0 N–H and O–H groups in total. The SMILES string of the molecule is CCCCCCCC/C=C\CCCCCCCC(=O)c1nnc(-c2cccs2)o1. The van der Waals surface area contributed by atoms with Crippen molar-refractivity contribution >= 4 is 17.1 Å². The summed E-state index contributed by atoms with van der Waals surface area (Å²) < 4.78 is 5.50. The summed E-state index contributed by atoms with van der Waals surface area (Å²) in [5, 5.41) is 9.81. The Labute approximate surface area is 179 Å². The van der Waals surface area contributed by atoms with E-state index in [1.165, 1.54) is 82.0 Å². The van der Waals surface area contributed by atoms with Gasteiger partial charge >= 0.3 is 0 Å². The Bertz CT molecular complexity index is 692. The van der Waals surface area contributed by atoms with Crippen LogP contribution in [0.3, 0.4) is 0 Å². The molecule has 0 fully saturated rings. The fraction of sp³-hybridized carbons (Fsp3) is 0.625. The van der Waals surface area contributed by atoms with Gasteiger partial charge in [0.1, 0.15) is 0 Å². The average Bonchev–Trinajstić information content (AvgIpc) is 3.42. The lowest BCUT2D eigenvalue weighted by Crippen LogP contribution is -1.99. The zero-order chi connectivity index (χ0) is 20.6. The van der Waals surface area contributed by atoms with Crippen LogP contribution < -0.4 is 0 Å². The number of Topliss-reactive ketones (excluding diaryl/α,β-unsaturated/α-hetero) is 1. The van der Waals surface area contributed by atoms with Crippen LogP contribution in [0, 0.1) is 0 Å². The molecular weight excluding hydrogens is 380 g/mol. The fourth-order valence-corrected chi connectivity index (χ4v) is 3.94. The van der Waals surface area contributed by atoms with Crippen LogP contribution in [0.25, 0.3) is 10.8 Å². The number of unbranched alkanes of at least 4 members (excludes halogenated alkanes) is 11. The van der Waals surface area contributed by atoms with Gasteiger partial charge in [-0.05, 0) is 43.6 Å². The van der Waals surface area contributed by atoms with Gasteiger partial charge in [0.25, 0.3) is 11.8 Å². The maximum atomic E-state index is 12.2. The first-order valence-electron chi connectivity index (χ1n) is 11.4. The molecule has 0 aliphatic carbocycles. The molecule has 0 bridgehead atoms. The lowest BCUT2D eigenvalue weighted by Gasteiger charge is -2.00. The lowest BCUT2D eigenvalue weighted by atomic mass is 10.1. The zero-order valence-corrected chi connectivity index (χ0v) is 18.7. The van der Waals surface area contributed by atoms with Crippen LogP contribution in [0.5, 0.6) is 0 Å². The van der Waals surface area contributed by atoms with E-state index >= 15 is 0 Å². The van der Waals surface area contributed by atoms with Gasteiger partial charge in [0.2, 0.25) is 5.78 Å². The van der Waals surface area contributed by atoms with E-state index < -0.39 is 0 Å². The fourth-order valence-electron chi connectivity index (χ4n) is 3.30. The molecule has 0 aliphatic heterocycles. The minimum Gasteiger partial charge on any atom is -0.413 e. The van der Waals surface area contributed by atoms with Crippen molar-refractivity contribution in [3.05, 3.63) is 35.6 Å². The molecule has 0 amide bonds. The Balaban J connectivity index is 1.42. The number of thiophene rings is 1. The molecule has 0 atom stereocenters. The number of ketones is 1. The van der Waals surface area contributed by atoms with Crippen molar-refractivity contribution in [2.45, 2.75) is 96.8 Å². The van der Waals surface area contributed by atoms with Crippen molar-refractivity contribution in [1.82, 2.24) is 10.2 Å². The van der Waals surface area contributed by atoms with E-state index in [1.807, 2.05) is 17.5 Å². The molecule has 160 valence electrons. The van der Waals surface area contributed by atoms with Gasteiger partial charge in [0, 0.05) is 6.42 Å². The lowest BCUT2D eigenvalue weighted by molar-refractivity contribution is 0.0946. The van der Waals surface area contributed by atoms with Crippen molar-refractivity contribution in [3.8, 4) is 10.8 Å². The molecule has 2 heterocycles. The molecule has 5 heteroatoms. The second-order valence-electron chi connectivity index (χ2n) is 7.65. The Hall–Kier alpha value is -1.75. The van der Waals surface area contributed by atoms with Crippen molar-refractivity contribution in [3.63, 3.8) is 0 Å². The Morgan fingerprint density at radius 1 is 0.931 bits per heavy atom. The number of carbonyl (C=O) groups is 1. The molecule has 2 aromatic rings. The first-order valence-corrected chi connectivity index (χ1v) is 12.2. The molecule has 0 unspecified atom stereocenters. The summed E-state index contributed by atoms with van der Waals surface area (Å²) in [7, 11) is 0. The highest BCUT2D eigenvalue weighted by Gasteiger charge is 2.15. The van der Waals surface area contributed by atoms with Gasteiger partial charge < -0.3 is 4.42 Å². The molecule has 2 rings (SSSR count). The molecule has 4 nitrogen and oxygen atoms in total. The van der Waals surface area contributed by atoms with Gasteiger partial charge in [-0.1, -0.05) is 76.5 Å². The highest BCUT2D eigenvalue weighted by atomic mass is 32.1.